The van der Waals surface area contributed by atoms with Crippen LogP contribution in [0.4, 0.5) is 5.69 Å². The molecule has 2 aromatic rings. The lowest BCUT2D eigenvalue weighted by atomic mass is 10.3. The first-order valence-corrected chi connectivity index (χ1v) is 6.70. The number of ether oxygens (including phenoxy) is 1. The topological polar surface area (TPSA) is 83.7 Å². The van der Waals surface area contributed by atoms with Gasteiger partial charge in [-0.15, -0.1) is 0 Å². The summed E-state index contributed by atoms with van der Waals surface area (Å²) in [5.74, 6) is 0.673. The number of methoxy groups -OCH3 is 1. The van der Waals surface area contributed by atoms with Crippen LogP contribution in [-0.4, -0.2) is 23.2 Å². The van der Waals surface area contributed by atoms with Crippen LogP contribution in [0, 0.1) is 0 Å². The molecule has 0 radical (unpaired) electrons. The van der Waals surface area contributed by atoms with Gasteiger partial charge in [0.2, 0.25) is 5.91 Å². The van der Waals surface area contributed by atoms with E-state index in [4.69, 9.17) is 21.4 Å². The lowest BCUT2D eigenvalue weighted by Gasteiger charge is -2.11. The van der Waals surface area contributed by atoms with E-state index in [9.17, 15) is 9.90 Å². The zero-order valence-electron chi connectivity index (χ0n) is 11.7. The Morgan fingerprint density at radius 3 is 2.91 bits per heavy atom. The van der Waals surface area contributed by atoms with E-state index in [1.807, 2.05) is 0 Å². The Balaban J connectivity index is 1.94. The summed E-state index contributed by atoms with van der Waals surface area (Å²) in [5, 5.41) is 15.0. The number of nitrogens with one attached hydrogen (secondary N) is 2. The summed E-state index contributed by atoms with van der Waals surface area (Å²) < 4.78 is 10.1. The molecule has 7 heteroatoms. The number of carbonyl (C=O) groups is 1. The molecule has 0 aliphatic rings. The van der Waals surface area contributed by atoms with Gasteiger partial charge in [-0.3, -0.25) is 10.1 Å². The number of amides is 1. The summed E-state index contributed by atoms with van der Waals surface area (Å²) in [4.78, 5) is 11.7. The normalized spacial score (nSPS) is 10.4. The molecule has 0 bridgehead atoms. The Morgan fingerprint density at radius 1 is 1.41 bits per heavy atom. The van der Waals surface area contributed by atoms with Crippen molar-refractivity contribution in [2.24, 2.45) is 0 Å². The van der Waals surface area contributed by atoms with Gasteiger partial charge in [0, 0.05) is 12.1 Å². The van der Waals surface area contributed by atoms with Gasteiger partial charge in [0.1, 0.15) is 17.3 Å². The van der Waals surface area contributed by atoms with E-state index in [2.05, 4.69) is 10.6 Å². The minimum absolute atomic E-state index is 0.0106. The average Bonchev–Trinajstić information content (AvgIpc) is 3.00. The predicted octanol–water partition coefficient (Wildman–Crippen LogP) is 2.52. The maximum Gasteiger partial charge on any atom is 0.250 e. The fraction of sp³-hybridized carbons (Fsp3) is 0.0667. The highest BCUT2D eigenvalue weighted by molar-refractivity contribution is 7.80. The van der Waals surface area contributed by atoms with Crippen LogP contribution in [0.5, 0.6) is 11.5 Å². The van der Waals surface area contributed by atoms with Gasteiger partial charge in [0.05, 0.1) is 19.1 Å². The summed E-state index contributed by atoms with van der Waals surface area (Å²) in [7, 11) is 1.51. The molecule has 0 aliphatic heterocycles. The summed E-state index contributed by atoms with van der Waals surface area (Å²) in [6, 6.07) is 8.06. The van der Waals surface area contributed by atoms with E-state index in [0.29, 0.717) is 17.2 Å². The lowest BCUT2D eigenvalue weighted by molar-refractivity contribution is -0.115. The molecule has 6 nitrogen and oxygen atoms in total. The first-order valence-electron chi connectivity index (χ1n) is 6.29. The van der Waals surface area contributed by atoms with Crippen LogP contribution in [0.25, 0.3) is 6.08 Å². The minimum Gasteiger partial charge on any atom is -0.506 e. The molecule has 0 atom stereocenters. The molecule has 22 heavy (non-hydrogen) atoms. The first-order chi connectivity index (χ1) is 10.6. The predicted molar refractivity (Wildman–Crippen MR) is 86.8 cm³/mol. The van der Waals surface area contributed by atoms with Crippen LogP contribution in [-0.2, 0) is 4.79 Å². The Labute approximate surface area is 132 Å². The van der Waals surface area contributed by atoms with Crippen molar-refractivity contribution in [2.45, 2.75) is 0 Å². The molecule has 3 N–H and O–H groups in total. The quantitative estimate of drug-likeness (QED) is 0.456. The molecule has 0 spiro atoms. The maximum atomic E-state index is 11.7. The highest BCUT2D eigenvalue weighted by Crippen LogP contribution is 2.27. The molecule has 1 aromatic heterocycles. The van der Waals surface area contributed by atoms with Crippen molar-refractivity contribution in [2.75, 3.05) is 12.4 Å². The van der Waals surface area contributed by atoms with Gasteiger partial charge in [0.25, 0.3) is 0 Å². The largest absolute Gasteiger partial charge is 0.506 e. The number of aromatic hydroxyl groups is 1. The van der Waals surface area contributed by atoms with Crippen molar-refractivity contribution in [3.8, 4) is 11.5 Å². The summed E-state index contributed by atoms with van der Waals surface area (Å²) in [5.41, 5.74) is 0.333. The highest BCUT2D eigenvalue weighted by atomic mass is 32.1. The molecule has 2 rings (SSSR count). The molecule has 114 valence electrons. The van der Waals surface area contributed by atoms with E-state index in [1.54, 1.807) is 24.3 Å². The van der Waals surface area contributed by atoms with Gasteiger partial charge >= 0.3 is 0 Å². The molecule has 0 unspecified atom stereocenters. The third kappa shape index (κ3) is 4.35. The van der Waals surface area contributed by atoms with E-state index >= 15 is 0 Å². The smallest absolute Gasteiger partial charge is 0.250 e. The molecule has 1 heterocycles. The zero-order valence-corrected chi connectivity index (χ0v) is 12.5. The number of hydrogen-bond donors (Lipinski definition) is 3. The van der Waals surface area contributed by atoms with Crippen LogP contribution < -0.4 is 15.4 Å². The zero-order chi connectivity index (χ0) is 15.9. The molecule has 0 saturated heterocycles. The molecular weight excluding hydrogens is 304 g/mol. The molecule has 1 amide bonds. The standard InChI is InChI=1S/C15H14N2O4S/c1-20-11-4-6-13(18)12(9-11)16-15(22)17-14(19)7-5-10-3-2-8-21-10/h2-9,18H,1H3,(H2,16,17,19,22)/b7-5+. The van der Waals surface area contributed by atoms with Crippen molar-refractivity contribution in [3.05, 3.63) is 48.4 Å². The van der Waals surface area contributed by atoms with Crippen LogP contribution in [0.15, 0.2) is 47.1 Å². The van der Waals surface area contributed by atoms with Crippen LogP contribution >= 0.6 is 12.2 Å². The van der Waals surface area contributed by atoms with Gasteiger partial charge in [-0.05, 0) is 42.6 Å². The van der Waals surface area contributed by atoms with Crippen molar-refractivity contribution in [3.63, 3.8) is 0 Å². The van der Waals surface area contributed by atoms with Crippen molar-refractivity contribution < 1.29 is 19.1 Å². The number of thiocarbonyl (C=S) groups is 1. The van der Waals surface area contributed by atoms with Crippen molar-refractivity contribution in [1.82, 2.24) is 5.32 Å². The number of furan rings is 1. The highest BCUT2D eigenvalue weighted by Gasteiger charge is 2.07. The van der Waals surface area contributed by atoms with Gasteiger partial charge in [-0.2, -0.15) is 0 Å². The molecular formula is C15H14N2O4S. The number of benzene rings is 1. The number of rotatable bonds is 4. The number of phenols is 1. The van der Waals surface area contributed by atoms with Crippen LogP contribution in [0.2, 0.25) is 0 Å². The second kappa shape index (κ2) is 7.28. The van der Waals surface area contributed by atoms with Gasteiger partial charge in [-0.1, -0.05) is 0 Å². The first kappa shape index (κ1) is 15.6. The van der Waals surface area contributed by atoms with E-state index in [1.165, 1.54) is 31.6 Å². The Hall–Kier alpha value is -2.80. The fourth-order valence-electron chi connectivity index (χ4n) is 1.59. The summed E-state index contributed by atoms with van der Waals surface area (Å²) in [6.45, 7) is 0. The van der Waals surface area contributed by atoms with E-state index in [0.717, 1.165) is 0 Å². The van der Waals surface area contributed by atoms with Gasteiger partial charge < -0.3 is 19.6 Å². The summed E-state index contributed by atoms with van der Waals surface area (Å²) in [6.07, 6.45) is 4.31. The second-order valence-electron chi connectivity index (χ2n) is 4.18. The second-order valence-corrected chi connectivity index (χ2v) is 4.58. The van der Waals surface area contributed by atoms with E-state index in [-0.39, 0.29) is 10.9 Å². The van der Waals surface area contributed by atoms with E-state index < -0.39 is 5.91 Å². The Bertz CT molecular complexity index is 696. The minimum atomic E-state index is -0.420. The van der Waals surface area contributed by atoms with Crippen LogP contribution in [0.1, 0.15) is 5.76 Å². The number of hydrogen-bond acceptors (Lipinski definition) is 5. The average molecular weight is 318 g/mol. The maximum absolute atomic E-state index is 11.7. The van der Waals surface area contributed by atoms with Crippen molar-refractivity contribution >= 4 is 35.0 Å². The number of anilines is 1. The third-order valence-corrected chi connectivity index (χ3v) is 2.83. The monoisotopic (exact) mass is 318 g/mol. The SMILES string of the molecule is COc1ccc(O)c(NC(=S)NC(=O)/C=C/c2ccco2)c1. The molecule has 0 aliphatic carbocycles. The Kier molecular flexibility index (Phi) is 5.16. The molecule has 0 saturated carbocycles. The Morgan fingerprint density at radius 2 is 2.23 bits per heavy atom. The van der Waals surface area contributed by atoms with Gasteiger partial charge in [-0.25, -0.2) is 0 Å². The molecule has 1 aromatic carbocycles. The summed E-state index contributed by atoms with van der Waals surface area (Å²) >= 11 is 5.01. The number of carbonyl (C=O) groups excluding carboxylic acids is 1. The van der Waals surface area contributed by atoms with Crippen LogP contribution in [0.3, 0.4) is 0 Å². The number of phenolic OH excluding ortho intramolecular Hbond substituents is 1. The fourth-order valence-corrected chi connectivity index (χ4v) is 1.80. The van der Waals surface area contributed by atoms with Crippen molar-refractivity contribution in [1.29, 1.82) is 0 Å². The van der Waals surface area contributed by atoms with Gasteiger partial charge in [0.15, 0.2) is 5.11 Å². The molecule has 0 fully saturated rings. The lowest BCUT2D eigenvalue weighted by Crippen LogP contribution is -2.32. The third-order valence-electron chi connectivity index (χ3n) is 2.63.